The Bertz CT molecular complexity index is 490. The highest BCUT2D eigenvalue weighted by molar-refractivity contribution is 7.15. The Hall–Kier alpha value is -0.830. The van der Waals surface area contributed by atoms with Crippen LogP contribution >= 0.6 is 22.9 Å². The SMILES string of the molecule is Cc1ccc(Cl)cc1-c1ccc(CCN)s1. The molecule has 2 N–H and O–H groups in total. The van der Waals surface area contributed by atoms with E-state index in [0.717, 1.165) is 11.4 Å². The van der Waals surface area contributed by atoms with E-state index in [0.29, 0.717) is 6.54 Å². The van der Waals surface area contributed by atoms with Gasteiger partial charge in [-0.15, -0.1) is 11.3 Å². The van der Waals surface area contributed by atoms with Gasteiger partial charge in [-0.3, -0.25) is 0 Å². The molecule has 0 saturated carbocycles. The predicted molar refractivity (Wildman–Crippen MR) is 72.3 cm³/mol. The van der Waals surface area contributed by atoms with Gasteiger partial charge in [0.2, 0.25) is 0 Å². The normalized spacial score (nSPS) is 10.7. The van der Waals surface area contributed by atoms with Gasteiger partial charge in [0.1, 0.15) is 0 Å². The molecule has 3 heteroatoms. The van der Waals surface area contributed by atoms with Crippen molar-refractivity contribution < 1.29 is 0 Å². The van der Waals surface area contributed by atoms with Gasteiger partial charge in [-0.1, -0.05) is 17.7 Å². The van der Waals surface area contributed by atoms with E-state index in [9.17, 15) is 0 Å². The first kappa shape index (κ1) is 11.6. The number of thiophene rings is 1. The molecular weight excluding hydrogens is 238 g/mol. The van der Waals surface area contributed by atoms with Crippen LogP contribution in [0.4, 0.5) is 0 Å². The van der Waals surface area contributed by atoms with Gasteiger partial charge in [-0.05, 0) is 55.3 Å². The van der Waals surface area contributed by atoms with Crippen molar-refractivity contribution in [1.82, 2.24) is 0 Å². The second-order valence-corrected chi connectivity index (χ2v) is 5.37. The zero-order valence-corrected chi connectivity index (χ0v) is 10.7. The minimum atomic E-state index is 0.703. The number of benzene rings is 1. The molecule has 1 nitrogen and oxygen atoms in total. The monoisotopic (exact) mass is 251 g/mol. The van der Waals surface area contributed by atoms with Gasteiger partial charge >= 0.3 is 0 Å². The maximum Gasteiger partial charge on any atom is 0.0412 e. The van der Waals surface area contributed by atoms with Gasteiger partial charge < -0.3 is 5.73 Å². The Morgan fingerprint density at radius 3 is 2.81 bits per heavy atom. The zero-order valence-electron chi connectivity index (χ0n) is 9.16. The highest BCUT2D eigenvalue weighted by Gasteiger charge is 2.06. The third kappa shape index (κ3) is 2.46. The molecular formula is C13H14ClNS. The summed E-state index contributed by atoms with van der Waals surface area (Å²) in [4.78, 5) is 2.60. The van der Waals surface area contributed by atoms with Crippen LogP contribution in [0.5, 0.6) is 0 Å². The van der Waals surface area contributed by atoms with E-state index in [1.165, 1.54) is 20.9 Å². The van der Waals surface area contributed by atoms with Crippen molar-refractivity contribution in [2.75, 3.05) is 6.54 Å². The number of hydrogen-bond donors (Lipinski definition) is 1. The highest BCUT2D eigenvalue weighted by Crippen LogP contribution is 2.32. The predicted octanol–water partition coefficient (Wildman–Crippen LogP) is 3.88. The van der Waals surface area contributed by atoms with Crippen molar-refractivity contribution in [3.8, 4) is 10.4 Å². The van der Waals surface area contributed by atoms with Crippen LogP contribution < -0.4 is 5.73 Å². The van der Waals surface area contributed by atoms with Crippen LogP contribution in [-0.2, 0) is 6.42 Å². The maximum absolute atomic E-state index is 6.02. The van der Waals surface area contributed by atoms with Crippen LogP contribution in [0, 0.1) is 6.92 Å². The van der Waals surface area contributed by atoms with Gasteiger partial charge in [0.15, 0.2) is 0 Å². The molecule has 0 saturated heterocycles. The average molecular weight is 252 g/mol. The van der Waals surface area contributed by atoms with Crippen LogP contribution in [0.2, 0.25) is 5.02 Å². The Labute approximate surface area is 105 Å². The largest absolute Gasteiger partial charge is 0.330 e. The van der Waals surface area contributed by atoms with E-state index in [-0.39, 0.29) is 0 Å². The van der Waals surface area contributed by atoms with Crippen molar-refractivity contribution in [3.63, 3.8) is 0 Å². The number of rotatable bonds is 3. The smallest absolute Gasteiger partial charge is 0.0412 e. The summed E-state index contributed by atoms with van der Waals surface area (Å²) in [6.07, 6.45) is 0.949. The van der Waals surface area contributed by atoms with Gasteiger partial charge in [-0.25, -0.2) is 0 Å². The second-order valence-electron chi connectivity index (χ2n) is 3.76. The molecule has 0 aliphatic rings. The Balaban J connectivity index is 2.38. The number of halogens is 1. The van der Waals surface area contributed by atoms with Crippen LogP contribution in [0.3, 0.4) is 0 Å². The van der Waals surface area contributed by atoms with Gasteiger partial charge in [0.05, 0.1) is 0 Å². The molecule has 0 amide bonds. The number of aryl methyl sites for hydroxylation is 1. The topological polar surface area (TPSA) is 26.0 Å². The molecule has 16 heavy (non-hydrogen) atoms. The summed E-state index contributed by atoms with van der Waals surface area (Å²) in [5.74, 6) is 0. The molecule has 0 aliphatic carbocycles. The molecule has 1 heterocycles. The minimum Gasteiger partial charge on any atom is -0.330 e. The fraction of sp³-hybridized carbons (Fsp3) is 0.231. The van der Waals surface area contributed by atoms with E-state index in [4.69, 9.17) is 17.3 Å². The molecule has 0 fully saturated rings. The molecule has 2 aromatic rings. The first-order valence-electron chi connectivity index (χ1n) is 5.26. The first-order valence-corrected chi connectivity index (χ1v) is 6.45. The summed E-state index contributed by atoms with van der Waals surface area (Å²) < 4.78 is 0. The minimum absolute atomic E-state index is 0.703. The van der Waals surface area contributed by atoms with E-state index >= 15 is 0 Å². The van der Waals surface area contributed by atoms with Crippen LogP contribution in [0.1, 0.15) is 10.4 Å². The summed E-state index contributed by atoms with van der Waals surface area (Å²) in [6, 6.07) is 10.3. The lowest BCUT2D eigenvalue weighted by atomic mass is 10.1. The Morgan fingerprint density at radius 2 is 2.06 bits per heavy atom. The lowest BCUT2D eigenvalue weighted by molar-refractivity contribution is 0.989. The van der Waals surface area contributed by atoms with Crippen molar-refractivity contribution in [2.45, 2.75) is 13.3 Å². The summed E-state index contributed by atoms with van der Waals surface area (Å²) in [6.45, 7) is 2.81. The molecule has 0 spiro atoms. The zero-order chi connectivity index (χ0) is 11.5. The standard InChI is InChI=1S/C13H14ClNS/c1-9-2-3-10(14)8-12(9)13-5-4-11(16-13)6-7-15/h2-5,8H,6-7,15H2,1H3. The average Bonchev–Trinajstić information content (AvgIpc) is 2.71. The second kappa shape index (κ2) is 5.00. The van der Waals surface area contributed by atoms with E-state index in [2.05, 4.69) is 25.1 Å². The van der Waals surface area contributed by atoms with Crippen LogP contribution in [0.25, 0.3) is 10.4 Å². The number of nitrogens with two attached hydrogens (primary N) is 1. The Kier molecular flexibility index (Phi) is 3.64. The lowest BCUT2D eigenvalue weighted by Crippen LogP contribution is -2.00. The molecule has 1 aromatic heterocycles. The molecule has 0 radical (unpaired) electrons. The number of hydrogen-bond acceptors (Lipinski definition) is 2. The van der Waals surface area contributed by atoms with Gasteiger partial charge in [-0.2, -0.15) is 0 Å². The van der Waals surface area contributed by atoms with Crippen molar-refractivity contribution >= 4 is 22.9 Å². The van der Waals surface area contributed by atoms with Gasteiger partial charge in [0, 0.05) is 14.8 Å². The van der Waals surface area contributed by atoms with Gasteiger partial charge in [0.25, 0.3) is 0 Å². The van der Waals surface area contributed by atoms with Crippen molar-refractivity contribution in [2.24, 2.45) is 5.73 Å². The first-order chi connectivity index (χ1) is 7.70. The third-order valence-electron chi connectivity index (χ3n) is 2.52. The summed E-state index contributed by atoms with van der Waals surface area (Å²) in [5.41, 5.74) is 8.03. The highest BCUT2D eigenvalue weighted by atomic mass is 35.5. The molecule has 0 bridgehead atoms. The van der Waals surface area contributed by atoms with Crippen molar-refractivity contribution in [3.05, 3.63) is 45.8 Å². The molecule has 1 aromatic carbocycles. The van der Waals surface area contributed by atoms with Crippen LogP contribution in [-0.4, -0.2) is 6.54 Å². The quantitative estimate of drug-likeness (QED) is 0.880. The van der Waals surface area contributed by atoms with Crippen LogP contribution in [0.15, 0.2) is 30.3 Å². The van der Waals surface area contributed by atoms with E-state index in [1.54, 1.807) is 11.3 Å². The van der Waals surface area contributed by atoms with E-state index < -0.39 is 0 Å². The summed E-state index contributed by atoms with van der Waals surface area (Å²) in [7, 11) is 0. The molecule has 84 valence electrons. The summed E-state index contributed by atoms with van der Waals surface area (Å²) in [5, 5.41) is 0.786. The lowest BCUT2D eigenvalue weighted by Gasteiger charge is -2.03. The van der Waals surface area contributed by atoms with Crippen molar-refractivity contribution in [1.29, 1.82) is 0 Å². The fourth-order valence-electron chi connectivity index (χ4n) is 1.66. The molecule has 0 aliphatic heterocycles. The molecule has 0 atom stereocenters. The Morgan fingerprint density at radius 1 is 1.25 bits per heavy atom. The third-order valence-corrected chi connectivity index (χ3v) is 3.93. The molecule has 0 unspecified atom stereocenters. The van der Waals surface area contributed by atoms with E-state index in [1.807, 2.05) is 12.1 Å². The molecule has 2 rings (SSSR count). The summed E-state index contributed by atoms with van der Waals surface area (Å²) >= 11 is 7.81. The maximum atomic E-state index is 6.02. The fourth-order valence-corrected chi connectivity index (χ4v) is 2.94.